The molecule has 0 spiro atoms. The Labute approximate surface area is 104 Å². The minimum atomic E-state index is 0.0768. The van der Waals surface area contributed by atoms with Crippen LogP contribution in [0.2, 0.25) is 0 Å². The predicted molar refractivity (Wildman–Crippen MR) is 63.5 cm³/mol. The van der Waals surface area contributed by atoms with Gasteiger partial charge >= 0.3 is 0 Å². The van der Waals surface area contributed by atoms with Crippen molar-refractivity contribution < 1.29 is 5.11 Å². The molecule has 0 aliphatic carbocycles. The minimum Gasteiger partial charge on any atom is -0.394 e. The summed E-state index contributed by atoms with van der Waals surface area (Å²) in [4.78, 5) is 4.05. The highest BCUT2D eigenvalue weighted by atomic mass is 16.3. The van der Waals surface area contributed by atoms with Gasteiger partial charge in [-0.2, -0.15) is 5.10 Å². The van der Waals surface area contributed by atoms with Crippen molar-refractivity contribution in [3.05, 3.63) is 24.0 Å². The van der Waals surface area contributed by atoms with Crippen LogP contribution in [0.25, 0.3) is 0 Å². The number of rotatable bonds is 8. The molecular formula is C10H17N7O. The topological polar surface area (TPSA) is 105 Å². The van der Waals surface area contributed by atoms with Crippen molar-refractivity contribution >= 4 is 0 Å². The lowest BCUT2D eigenvalue weighted by molar-refractivity contribution is 0.268. The molecule has 0 atom stereocenters. The number of H-pyrrole nitrogens is 1. The lowest BCUT2D eigenvalue weighted by Gasteiger charge is -2.00. The van der Waals surface area contributed by atoms with Gasteiger partial charge in [-0.05, 0) is 13.0 Å². The smallest absolute Gasteiger partial charge is 0.137 e. The Morgan fingerprint density at radius 1 is 1.44 bits per heavy atom. The van der Waals surface area contributed by atoms with Gasteiger partial charge in [0.1, 0.15) is 12.2 Å². The van der Waals surface area contributed by atoms with Crippen LogP contribution in [0.5, 0.6) is 0 Å². The second-order valence-electron chi connectivity index (χ2n) is 3.91. The van der Waals surface area contributed by atoms with Gasteiger partial charge in [0.25, 0.3) is 0 Å². The largest absolute Gasteiger partial charge is 0.394 e. The summed E-state index contributed by atoms with van der Waals surface area (Å²) in [5.41, 5.74) is 0.878. The van der Waals surface area contributed by atoms with E-state index in [9.17, 15) is 0 Å². The van der Waals surface area contributed by atoms with Crippen molar-refractivity contribution in [2.45, 2.75) is 25.9 Å². The van der Waals surface area contributed by atoms with Crippen molar-refractivity contribution in [2.75, 3.05) is 13.2 Å². The van der Waals surface area contributed by atoms with Gasteiger partial charge < -0.3 is 10.4 Å². The number of aliphatic hydroxyl groups excluding tert-OH is 1. The third kappa shape index (κ3) is 3.90. The highest BCUT2D eigenvalue weighted by Gasteiger charge is 2.00. The van der Waals surface area contributed by atoms with Gasteiger partial charge in [0.05, 0.1) is 18.8 Å². The van der Waals surface area contributed by atoms with Crippen LogP contribution in [-0.4, -0.2) is 48.4 Å². The van der Waals surface area contributed by atoms with E-state index in [1.165, 1.54) is 6.33 Å². The zero-order valence-corrected chi connectivity index (χ0v) is 10.1. The summed E-state index contributed by atoms with van der Waals surface area (Å²) < 4.78 is 1.63. The maximum Gasteiger partial charge on any atom is 0.137 e. The quantitative estimate of drug-likeness (QED) is 0.526. The van der Waals surface area contributed by atoms with E-state index in [0.717, 1.165) is 30.9 Å². The summed E-state index contributed by atoms with van der Waals surface area (Å²) in [6.07, 6.45) is 5.21. The van der Waals surface area contributed by atoms with Gasteiger partial charge in [-0.1, -0.05) is 5.21 Å². The summed E-state index contributed by atoms with van der Waals surface area (Å²) >= 11 is 0. The van der Waals surface area contributed by atoms with Crippen molar-refractivity contribution in [1.82, 2.24) is 35.5 Å². The molecule has 0 saturated carbocycles. The van der Waals surface area contributed by atoms with Crippen LogP contribution in [0, 0.1) is 0 Å². The first-order valence-corrected chi connectivity index (χ1v) is 5.93. The average molecular weight is 251 g/mol. The van der Waals surface area contributed by atoms with Crippen LogP contribution < -0.4 is 5.32 Å². The monoisotopic (exact) mass is 251 g/mol. The maximum atomic E-state index is 8.75. The van der Waals surface area contributed by atoms with E-state index in [1.54, 1.807) is 4.68 Å². The Morgan fingerprint density at radius 2 is 2.39 bits per heavy atom. The van der Waals surface area contributed by atoms with Gasteiger partial charge in [0, 0.05) is 19.2 Å². The van der Waals surface area contributed by atoms with E-state index >= 15 is 0 Å². The zero-order chi connectivity index (χ0) is 12.6. The molecule has 2 aromatic heterocycles. The summed E-state index contributed by atoms with van der Waals surface area (Å²) in [5, 5.41) is 26.5. The molecule has 98 valence electrons. The number of aromatic amines is 1. The molecule has 0 bridgehead atoms. The van der Waals surface area contributed by atoms with Gasteiger partial charge in [0.15, 0.2) is 0 Å². The molecule has 8 heteroatoms. The third-order valence-electron chi connectivity index (χ3n) is 2.45. The molecule has 2 rings (SSSR count). The summed E-state index contributed by atoms with van der Waals surface area (Å²) in [6, 6.07) is 0. The van der Waals surface area contributed by atoms with Crippen molar-refractivity contribution in [3.63, 3.8) is 0 Å². The molecule has 0 aliphatic heterocycles. The molecule has 8 nitrogen and oxygen atoms in total. The van der Waals surface area contributed by atoms with Crippen molar-refractivity contribution in [1.29, 1.82) is 0 Å². The number of hydrogen-bond donors (Lipinski definition) is 3. The van der Waals surface area contributed by atoms with Gasteiger partial charge in [-0.3, -0.25) is 5.10 Å². The van der Waals surface area contributed by atoms with E-state index < -0.39 is 0 Å². The summed E-state index contributed by atoms with van der Waals surface area (Å²) in [6.45, 7) is 2.13. The van der Waals surface area contributed by atoms with E-state index in [-0.39, 0.29) is 6.61 Å². The fourth-order valence-corrected chi connectivity index (χ4v) is 1.58. The SMILES string of the molecule is OCCn1cc(CNCCCc2ncn[nH]2)nn1. The first kappa shape index (κ1) is 12.7. The van der Waals surface area contributed by atoms with Crippen LogP contribution in [-0.2, 0) is 19.5 Å². The number of hydrogen-bond acceptors (Lipinski definition) is 6. The molecule has 0 fully saturated rings. The van der Waals surface area contributed by atoms with Crippen molar-refractivity contribution in [3.8, 4) is 0 Å². The van der Waals surface area contributed by atoms with E-state index in [2.05, 4.69) is 30.8 Å². The molecule has 0 amide bonds. The fraction of sp³-hybridized carbons (Fsp3) is 0.600. The van der Waals surface area contributed by atoms with E-state index in [0.29, 0.717) is 13.1 Å². The Kier molecular flexibility index (Phi) is 4.79. The Hall–Kier alpha value is -1.80. The molecule has 0 saturated heterocycles. The standard InChI is InChI=1S/C10H17N7O/c18-5-4-17-7-9(14-16-17)6-11-3-1-2-10-12-8-13-15-10/h7-8,11,18H,1-6H2,(H,12,13,15). The number of aromatic nitrogens is 6. The average Bonchev–Trinajstić information content (AvgIpc) is 3.01. The van der Waals surface area contributed by atoms with Crippen LogP contribution in [0.15, 0.2) is 12.5 Å². The van der Waals surface area contributed by atoms with Crippen LogP contribution >= 0.6 is 0 Å². The third-order valence-corrected chi connectivity index (χ3v) is 2.45. The van der Waals surface area contributed by atoms with Crippen LogP contribution in [0.4, 0.5) is 0 Å². The second-order valence-corrected chi connectivity index (χ2v) is 3.91. The lowest BCUT2D eigenvalue weighted by atomic mass is 10.3. The van der Waals surface area contributed by atoms with E-state index in [1.807, 2.05) is 6.20 Å². The van der Waals surface area contributed by atoms with Gasteiger partial charge in [-0.15, -0.1) is 5.10 Å². The molecular weight excluding hydrogens is 234 g/mol. The first-order valence-electron chi connectivity index (χ1n) is 5.93. The molecule has 2 aromatic rings. The highest BCUT2D eigenvalue weighted by Crippen LogP contribution is 1.94. The molecule has 0 radical (unpaired) electrons. The Morgan fingerprint density at radius 3 is 3.17 bits per heavy atom. The summed E-state index contributed by atoms with van der Waals surface area (Å²) in [7, 11) is 0. The fourth-order valence-electron chi connectivity index (χ4n) is 1.58. The number of nitrogens with one attached hydrogen (secondary N) is 2. The molecule has 0 unspecified atom stereocenters. The van der Waals surface area contributed by atoms with E-state index in [4.69, 9.17) is 5.11 Å². The second kappa shape index (κ2) is 6.82. The normalized spacial score (nSPS) is 10.9. The highest BCUT2D eigenvalue weighted by molar-refractivity contribution is 4.91. The minimum absolute atomic E-state index is 0.0768. The number of aliphatic hydroxyl groups is 1. The molecule has 0 aromatic carbocycles. The van der Waals surface area contributed by atoms with Crippen LogP contribution in [0.1, 0.15) is 17.9 Å². The lowest BCUT2D eigenvalue weighted by Crippen LogP contribution is -2.15. The molecule has 2 heterocycles. The zero-order valence-electron chi connectivity index (χ0n) is 10.1. The molecule has 18 heavy (non-hydrogen) atoms. The number of aryl methyl sites for hydroxylation is 1. The molecule has 3 N–H and O–H groups in total. The van der Waals surface area contributed by atoms with Gasteiger partial charge in [0.2, 0.25) is 0 Å². The Balaban J connectivity index is 1.59. The van der Waals surface area contributed by atoms with Gasteiger partial charge in [-0.25, -0.2) is 9.67 Å². The van der Waals surface area contributed by atoms with Crippen molar-refractivity contribution in [2.24, 2.45) is 0 Å². The summed E-state index contributed by atoms with van der Waals surface area (Å²) in [5.74, 6) is 0.908. The number of nitrogens with zero attached hydrogens (tertiary/aromatic N) is 5. The van der Waals surface area contributed by atoms with Crippen LogP contribution in [0.3, 0.4) is 0 Å². The maximum absolute atomic E-state index is 8.75. The Bertz CT molecular complexity index is 439. The predicted octanol–water partition coefficient (Wildman–Crippen LogP) is -0.889. The molecule has 0 aliphatic rings. The first-order chi connectivity index (χ1) is 8.88.